The van der Waals surface area contributed by atoms with Gasteiger partial charge in [-0.3, -0.25) is 14.9 Å². The van der Waals surface area contributed by atoms with Crippen molar-refractivity contribution >= 4 is 21.7 Å². The molecule has 8 nitrogen and oxygen atoms in total. The second kappa shape index (κ2) is 7.14. The van der Waals surface area contributed by atoms with Crippen molar-refractivity contribution in [3.05, 3.63) is 34.4 Å². The van der Waals surface area contributed by atoms with E-state index in [2.05, 4.69) is 0 Å². The van der Waals surface area contributed by atoms with Crippen molar-refractivity contribution < 1.29 is 22.9 Å². The molecular weight excluding hydrogens is 300 g/mol. The molecule has 0 saturated heterocycles. The Kier molecular flexibility index (Phi) is 5.79. The predicted molar refractivity (Wildman–Crippen MR) is 74.2 cm³/mol. The number of nitro benzene ring substituents is 1. The molecule has 0 amide bonds. The minimum atomic E-state index is -4.04. The molecule has 0 aliphatic rings. The Morgan fingerprint density at radius 2 is 2.00 bits per heavy atom. The molecule has 1 aromatic carbocycles. The lowest BCUT2D eigenvalue weighted by atomic mass is 10.3. The van der Waals surface area contributed by atoms with Gasteiger partial charge in [-0.25, -0.2) is 12.7 Å². The second-order valence-corrected chi connectivity index (χ2v) is 6.12. The third-order valence-electron chi connectivity index (χ3n) is 2.69. The summed E-state index contributed by atoms with van der Waals surface area (Å²) in [6, 6.07) is 5.06. The van der Waals surface area contributed by atoms with Crippen LogP contribution in [0.4, 0.5) is 5.69 Å². The van der Waals surface area contributed by atoms with Crippen LogP contribution in [-0.2, 0) is 19.6 Å². The molecule has 0 aliphatic heterocycles. The number of hydrogen-bond acceptors (Lipinski definition) is 6. The summed E-state index contributed by atoms with van der Waals surface area (Å²) in [5.74, 6) is -0.526. The number of carbonyl (C=O) groups excluding carboxylic acids is 1. The van der Waals surface area contributed by atoms with Crippen LogP contribution in [0.3, 0.4) is 0 Å². The lowest BCUT2D eigenvalue weighted by Crippen LogP contribution is -2.30. The van der Waals surface area contributed by atoms with E-state index in [1.54, 1.807) is 6.92 Å². The minimum Gasteiger partial charge on any atom is -0.466 e. The smallest absolute Gasteiger partial charge is 0.307 e. The third-order valence-corrected chi connectivity index (χ3v) is 4.59. The van der Waals surface area contributed by atoms with Crippen LogP contribution in [0.15, 0.2) is 29.2 Å². The van der Waals surface area contributed by atoms with Crippen molar-refractivity contribution in [1.82, 2.24) is 4.31 Å². The average Bonchev–Trinajstić information content (AvgIpc) is 2.44. The van der Waals surface area contributed by atoms with Crippen molar-refractivity contribution in [2.45, 2.75) is 18.2 Å². The van der Waals surface area contributed by atoms with Crippen molar-refractivity contribution in [2.75, 3.05) is 20.2 Å². The van der Waals surface area contributed by atoms with Gasteiger partial charge in [0.05, 0.1) is 18.0 Å². The van der Waals surface area contributed by atoms with Gasteiger partial charge in [-0.1, -0.05) is 12.1 Å². The fourth-order valence-corrected chi connectivity index (χ4v) is 2.92. The Morgan fingerprint density at radius 1 is 1.38 bits per heavy atom. The number of sulfonamides is 1. The Balaban J connectivity index is 2.95. The van der Waals surface area contributed by atoms with Crippen LogP contribution in [-0.4, -0.2) is 43.8 Å². The van der Waals surface area contributed by atoms with E-state index in [9.17, 15) is 23.3 Å². The molecule has 0 spiro atoms. The maximum absolute atomic E-state index is 12.3. The normalized spacial score (nSPS) is 11.4. The van der Waals surface area contributed by atoms with E-state index in [0.29, 0.717) is 0 Å². The standard InChI is InChI=1S/C12H16N2O6S/c1-3-20-12(15)8-9-13(2)21(18,19)11-7-5-4-6-10(11)14(16)17/h4-7H,3,8-9H2,1-2H3. The molecular formula is C12H16N2O6S. The zero-order valence-electron chi connectivity index (χ0n) is 11.7. The number of hydrogen-bond donors (Lipinski definition) is 0. The lowest BCUT2D eigenvalue weighted by Gasteiger charge is -2.16. The molecule has 1 aromatic rings. The number of ether oxygens (including phenoxy) is 1. The van der Waals surface area contributed by atoms with Crippen LogP contribution < -0.4 is 0 Å². The van der Waals surface area contributed by atoms with Gasteiger partial charge in [0, 0.05) is 19.7 Å². The largest absolute Gasteiger partial charge is 0.466 e. The highest BCUT2D eigenvalue weighted by molar-refractivity contribution is 7.89. The molecule has 0 N–H and O–H groups in total. The lowest BCUT2D eigenvalue weighted by molar-refractivity contribution is -0.387. The number of benzene rings is 1. The maximum Gasteiger partial charge on any atom is 0.307 e. The van der Waals surface area contributed by atoms with Gasteiger partial charge in [-0.05, 0) is 13.0 Å². The molecule has 0 aliphatic carbocycles. The molecule has 0 heterocycles. The zero-order chi connectivity index (χ0) is 16.0. The average molecular weight is 316 g/mol. The molecule has 0 fully saturated rings. The van der Waals surface area contributed by atoms with Crippen LogP contribution in [0.5, 0.6) is 0 Å². The molecule has 0 radical (unpaired) electrons. The fraction of sp³-hybridized carbons (Fsp3) is 0.417. The van der Waals surface area contributed by atoms with E-state index in [0.717, 1.165) is 16.4 Å². The number of para-hydroxylation sites is 1. The first-order valence-corrected chi connectivity index (χ1v) is 7.60. The number of nitrogens with zero attached hydrogens (tertiary/aromatic N) is 2. The molecule has 0 atom stereocenters. The Bertz CT molecular complexity index is 628. The molecule has 21 heavy (non-hydrogen) atoms. The van der Waals surface area contributed by atoms with E-state index in [4.69, 9.17) is 4.74 Å². The van der Waals surface area contributed by atoms with E-state index in [-0.39, 0.29) is 19.6 Å². The summed E-state index contributed by atoms with van der Waals surface area (Å²) in [7, 11) is -2.79. The van der Waals surface area contributed by atoms with E-state index < -0.39 is 31.5 Å². The molecule has 1 rings (SSSR count). The molecule has 0 unspecified atom stereocenters. The first-order chi connectivity index (χ1) is 9.80. The monoisotopic (exact) mass is 316 g/mol. The molecule has 9 heteroatoms. The molecule has 0 aromatic heterocycles. The summed E-state index contributed by atoms with van der Waals surface area (Å²) >= 11 is 0. The third kappa shape index (κ3) is 4.23. The molecule has 0 saturated carbocycles. The van der Waals surface area contributed by atoms with Gasteiger partial charge in [0.1, 0.15) is 0 Å². The topological polar surface area (TPSA) is 107 Å². The number of carbonyl (C=O) groups is 1. The van der Waals surface area contributed by atoms with Gasteiger partial charge in [-0.2, -0.15) is 0 Å². The highest BCUT2D eigenvalue weighted by Gasteiger charge is 2.29. The van der Waals surface area contributed by atoms with Crippen molar-refractivity contribution in [3.8, 4) is 0 Å². The van der Waals surface area contributed by atoms with E-state index in [1.165, 1.54) is 19.2 Å². The highest BCUT2D eigenvalue weighted by Crippen LogP contribution is 2.25. The van der Waals surface area contributed by atoms with Crippen LogP contribution >= 0.6 is 0 Å². The predicted octanol–water partition coefficient (Wildman–Crippen LogP) is 1.17. The summed E-state index contributed by atoms with van der Waals surface area (Å²) < 4.78 is 30.2. The van der Waals surface area contributed by atoms with Crippen LogP contribution in [0, 0.1) is 10.1 Å². The number of rotatable bonds is 7. The van der Waals surface area contributed by atoms with Gasteiger partial charge < -0.3 is 4.74 Å². The second-order valence-electron chi connectivity index (χ2n) is 4.11. The van der Waals surface area contributed by atoms with Gasteiger partial charge >= 0.3 is 5.97 Å². The van der Waals surface area contributed by atoms with Crippen molar-refractivity contribution in [2.24, 2.45) is 0 Å². The summed E-state index contributed by atoms with van der Waals surface area (Å²) in [4.78, 5) is 21.0. The first-order valence-electron chi connectivity index (χ1n) is 6.16. The zero-order valence-corrected chi connectivity index (χ0v) is 12.5. The fourth-order valence-electron chi connectivity index (χ4n) is 1.60. The van der Waals surface area contributed by atoms with E-state index in [1.807, 2.05) is 0 Å². The van der Waals surface area contributed by atoms with Crippen LogP contribution in [0.1, 0.15) is 13.3 Å². The van der Waals surface area contributed by atoms with Gasteiger partial charge in [0.2, 0.25) is 10.0 Å². The summed E-state index contributed by atoms with van der Waals surface area (Å²) in [5.41, 5.74) is -0.500. The van der Waals surface area contributed by atoms with Crippen molar-refractivity contribution in [1.29, 1.82) is 0 Å². The Morgan fingerprint density at radius 3 is 2.57 bits per heavy atom. The van der Waals surface area contributed by atoms with Gasteiger partial charge in [0.15, 0.2) is 4.90 Å². The van der Waals surface area contributed by atoms with Crippen LogP contribution in [0.25, 0.3) is 0 Å². The molecule has 116 valence electrons. The quantitative estimate of drug-likeness (QED) is 0.424. The van der Waals surface area contributed by atoms with Crippen molar-refractivity contribution in [3.63, 3.8) is 0 Å². The Hall–Kier alpha value is -2.00. The summed E-state index contributed by atoms with van der Waals surface area (Å²) in [5, 5.41) is 10.9. The Labute approximate surface area is 122 Å². The number of nitro groups is 1. The summed E-state index contributed by atoms with van der Waals surface area (Å²) in [6.45, 7) is 1.73. The SMILES string of the molecule is CCOC(=O)CCN(C)S(=O)(=O)c1ccccc1[N+](=O)[O-]. The van der Waals surface area contributed by atoms with E-state index >= 15 is 0 Å². The first kappa shape index (κ1) is 17.1. The minimum absolute atomic E-state index is 0.118. The van der Waals surface area contributed by atoms with Gasteiger partial charge in [-0.15, -0.1) is 0 Å². The molecule has 0 bridgehead atoms. The van der Waals surface area contributed by atoms with Crippen LogP contribution in [0.2, 0.25) is 0 Å². The van der Waals surface area contributed by atoms with Gasteiger partial charge in [0.25, 0.3) is 5.69 Å². The maximum atomic E-state index is 12.3. The number of esters is 1. The highest BCUT2D eigenvalue weighted by atomic mass is 32.2. The summed E-state index contributed by atoms with van der Waals surface area (Å²) in [6.07, 6.45) is -0.121.